The molecule has 0 saturated carbocycles. The van der Waals surface area contributed by atoms with Crippen LogP contribution in [-0.4, -0.2) is 615 Å². The van der Waals surface area contributed by atoms with Crippen molar-refractivity contribution >= 4 is 35.5 Å². The summed E-state index contributed by atoms with van der Waals surface area (Å²) in [5.41, 5.74) is 0. The maximum atomic E-state index is 13.4. The van der Waals surface area contributed by atoms with Gasteiger partial charge in [0.05, 0.1) is 84.8 Å². The number of hydrogen-bond acceptors (Lipinski definition) is 58. The highest BCUT2D eigenvalue weighted by molar-refractivity contribution is 5.77. The third kappa shape index (κ3) is 26.4. The number of hydrogen-bond donors (Lipinski definition) is 37. The van der Waals surface area contributed by atoms with Crippen molar-refractivity contribution in [3.8, 4) is 0 Å². The van der Waals surface area contributed by atoms with Crippen molar-refractivity contribution in [3.63, 3.8) is 0 Å². The van der Waals surface area contributed by atoms with Gasteiger partial charge in [0.25, 0.3) is 5.79 Å². The van der Waals surface area contributed by atoms with Crippen LogP contribution in [0, 0.1) is 0 Å². The Balaban J connectivity index is 0.880. The summed E-state index contributed by atoms with van der Waals surface area (Å²) in [5, 5.41) is 368. The lowest BCUT2D eigenvalue weighted by Crippen LogP contribution is -2.70. The van der Waals surface area contributed by atoms with Crippen LogP contribution in [0.2, 0.25) is 0 Å². The maximum Gasteiger partial charge on any atom is 0.364 e. The van der Waals surface area contributed by atoms with E-state index in [4.69, 9.17) is 99.5 Å². The van der Waals surface area contributed by atoms with Crippen molar-refractivity contribution in [2.24, 2.45) is 0 Å². The smallest absolute Gasteiger partial charge is 0.364 e. The number of rotatable bonds is 39. The second-order valence-corrected chi connectivity index (χ2v) is 36.0. The first-order chi connectivity index (χ1) is 67.5. The minimum atomic E-state index is -3.11. The number of carbonyl (C=O) groups is 6. The van der Waals surface area contributed by atoms with E-state index in [0.717, 1.165) is 34.6 Å². The molecule has 11 fully saturated rings. The number of carboxylic acids is 1. The Labute approximate surface area is 808 Å². The first-order valence-corrected chi connectivity index (χ1v) is 45.3. The fourth-order valence-electron chi connectivity index (χ4n) is 18.3. The molecule has 64 nitrogen and oxygen atoms in total. The normalized spacial score (nSPS) is 47.8. The highest BCUT2D eigenvalue weighted by Gasteiger charge is 2.64. The van der Waals surface area contributed by atoms with Crippen LogP contribution in [0.15, 0.2) is 0 Å². The van der Waals surface area contributed by atoms with Gasteiger partial charge in [-0.25, -0.2) is 4.79 Å². The lowest BCUT2D eigenvalue weighted by molar-refractivity contribution is -0.386. The average molecular weight is 2090 g/mol. The van der Waals surface area contributed by atoms with E-state index in [9.17, 15) is 192 Å². The predicted molar refractivity (Wildman–Crippen MR) is 438 cm³/mol. The van der Waals surface area contributed by atoms with E-state index in [0.29, 0.717) is 0 Å². The van der Waals surface area contributed by atoms with Gasteiger partial charge in [-0.1, -0.05) is 0 Å². The quantitative estimate of drug-likeness (QED) is 0.0272. The number of aliphatic hydroxyl groups is 31. The Morgan fingerprint density at radius 2 is 0.566 bits per heavy atom. The summed E-state index contributed by atoms with van der Waals surface area (Å²) in [5.74, 6) is -10.1. The van der Waals surface area contributed by atoms with Gasteiger partial charge in [0, 0.05) is 41.0 Å². The Kier molecular flexibility index (Phi) is 42.3. The third-order valence-electron chi connectivity index (χ3n) is 25.9. The van der Waals surface area contributed by atoms with Gasteiger partial charge in [-0.15, -0.1) is 0 Å². The van der Waals surface area contributed by atoms with Gasteiger partial charge in [-0.3, -0.25) is 24.0 Å². The fourth-order valence-corrected chi connectivity index (χ4v) is 18.3. The van der Waals surface area contributed by atoms with Crippen molar-refractivity contribution in [2.45, 2.75) is 384 Å². The van der Waals surface area contributed by atoms with Gasteiger partial charge < -0.3 is 289 Å². The fraction of sp³-hybridized carbons (Fsp3) is 0.924. The second kappa shape index (κ2) is 51.2. The van der Waals surface area contributed by atoms with Gasteiger partial charge in [0.15, 0.2) is 62.9 Å². The number of amides is 5. The molecule has 0 spiro atoms. The van der Waals surface area contributed by atoms with Crippen molar-refractivity contribution in [2.75, 3.05) is 72.7 Å². The lowest BCUT2D eigenvalue weighted by Gasteiger charge is -2.51. The van der Waals surface area contributed by atoms with E-state index in [1.54, 1.807) is 0 Å². The molecule has 826 valence electrons. The van der Waals surface area contributed by atoms with E-state index in [1.807, 2.05) is 0 Å². The van der Waals surface area contributed by atoms with Crippen LogP contribution in [0.3, 0.4) is 0 Å². The molecular formula is C79H131N5O59. The van der Waals surface area contributed by atoms with Gasteiger partial charge in [0.2, 0.25) is 29.5 Å². The van der Waals surface area contributed by atoms with Crippen LogP contribution < -0.4 is 26.6 Å². The highest BCUT2D eigenvalue weighted by Crippen LogP contribution is 2.43. The number of nitrogens with one attached hydrogen (secondary N) is 5. The molecule has 0 aliphatic carbocycles. The third-order valence-corrected chi connectivity index (χ3v) is 25.9. The molecule has 11 rings (SSSR count). The van der Waals surface area contributed by atoms with E-state index in [-0.39, 0.29) is 0 Å². The van der Waals surface area contributed by atoms with Crippen LogP contribution in [0.25, 0.3) is 0 Å². The molecule has 143 heavy (non-hydrogen) atoms. The Bertz CT molecular complexity index is 4030. The van der Waals surface area contributed by atoms with E-state index >= 15 is 0 Å². The summed E-state index contributed by atoms with van der Waals surface area (Å²) in [6.07, 6.45) is -110. The second-order valence-electron chi connectivity index (χ2n) is 36.0. The SMILES string of the molecule is CC(=O)N[C@H]1[C@H](O[C@H]2[C@@H](O)[C@@H](CO[C@@H]3O[C@H](CO)[C@@H](O[C@@H]4O[C@H](CO[C@]5(C(=O)O)C[C@H](O)[C@@H](NC(C)=O)[C@H]([C@H](O)[C@H](O)CO)O5)[C@H](O)[C@H](O)[C@H]4O)[C@H](O)[C@H]3NC(C)=O)O[C@@H](O[C@H]3[C@H](O)[C@@H](NC(C)=O)[C@H](OC[C@H]4O[C@@H](O[C@H]5[C@H](O)[C@@H](O)C(O)O[C@@H]5CO)[C@H](O)[C@@H](O[C@@H]5O[C@H](CO)[C@@H](O)[C@H](O[C@@H]6O[C@H](CO)[C@H](O)[C@H](O)[C@H]6O)[C@H]5NC(C)=O)[C@H]4O)O[C@@H]3CO)[C@@H]2O)O[C@H](CO)[C@@H](OC2O[C@H](CO)[C@H](O)[C@H](O)[C@H]2O)[C@@H]1O. The molecule has 5 amide bonds. The van der Waals surface area contributed by atoms with Crippen LogP contribution in [0.1, 0.15) is 41.0 Å². The standard InChI is InChI=1S/C79H131N5O59/c1-18(93)80-35-23(98)6-79(78(121)122,143-65(35)40(100)24(99)7-85)125-17-34-43(103)52(112)57(117)75(135-34)137-60-29(12-90)130-69(36(47(60)107)81-19(2)94)123-15-32-45(105)66(141-71-38(83-21(4)96)49(109)62(31(14-92)132-71)136-73-55(115)50(110)41(101)25(8-86)128-73)58(118)76(133-32)138-61-30(13-91)131-70(37(48(61)108)82-20(3)95)124-16-33-46(106)67(59(119)77(134-33)139-63-28(11-89)126-68(120)54(114)53(63)113)142-72-39(84-22(5)97)64(44(104)27(10-88)127-72)140-74-56(116)51(111)42(102)26(9-87)129-74/h23-77,85-92,98-120H,6-17H2,1-5H3,(H,80,93)(H,81,94)(H,82,95)(H,83,96)(H,84,97)(H,121,122)/t23-,24+,25+,26+,27+,28+,29+,30+,31+,32+,33+,34+,35+,36+,37+,38+,39+,40+,41-,42-,43-,44+,45-,46-,47+,48+,49+,50-,51-,52-,53+,54+,55+,56+,57+,58+,59+,60+,61+,62+,63+,64+,65+,66-,67-,68?,69+,70+,71-,72-,73?,74-,75-,76-,77-,79+/m0/s1. The maximum absolute atomic E-state index is 13.4. The molecule has 56 atom stereocenters. The van der Waals surface area contributed by atoms with E-state index in [2.05, 4.69) is 26.6 Å². The first kappa shape index (κ1) is 118. The van der Waals surface area contributed by atoms with Crippen LogP contribution >= 0.6 is 0 Å². The largest absolute Gasteiger partial charge is 0.477 e. The zero-order valence-corrected chi connectivity index (χ0v) is 76.6. The molecule has 11 aliphatic heterocycles. The summed E-state index contributed by atoms with van der Waals surface area (Å²) < 4.78 is 124. The monoisotopic (exact) mass is 2090 g/mol. The van der Waals surface area contributed by atoms with Crippen molar-refractivity contribution < 1.29 is 292 Å². The number of carbonyl (C=O) groups excluding carboxylic acids is 5. The van der Waals surface area contributed by atoms with Crippen LogP contribution in [0.5, 0.6) is 0 Å². The molecule has 0 bridgehead atoms. The van der Waals surface area contributed by atoms with Crippen molar-refractivity contribution in [1.82, 2.24) is 26.6 Å². The Morgan fingerprint density at radius 3 is 0.937 bits per heavy atom. The number of carboxylic acid groups (broad SMARTS) is 1. The summed E-state index contributed by atoms with van der Waals surface area (Å²) in [6, 6.07) is -9.78. The Morgan fingerprint density at radius 1 is 0.287 bits per heavy atom. The van der Waals surface area contributed by atoms with E-state index in [1.165, 1.54) is 0 Å². The van der Waals surface area contributed by atoms with Gasteiger partial charge in [-0.05, 0) is 0 Å². The molecule has 0 aromatic rings. The lowest BCUT2D eigenvalue weighted by atomic mass is 9.88. The van der Waals surface area contributed by atoms with Gasteiger partial charge >= 0.3 is 5.97 Å². The van der Waals surface area contributed by atoms with Crippen molar-refractivity contribution in [3.05, 3.63) is 0 Å². The minimum absolute atomic E-state index is 0.855. The minimum Gasteiger partial charge on any atom is -0.477 e. The molecule has 2 unspecified atom stereocenters. The zero-order chi connectivity index (χ0) is 106. The Hall–Kier alpha value is -5.26. The van der Waals surface area contributed by atoms with Gasteiger partial charge in [-0.2, -0.15) is 0 Å². The topological polar surface area (TPSA) is 1000 Å². The summed E-state index contributed by atoms with van der Waals surface area (Å²) in [4.78, 5) is 78.1. The molecule has 37 N–H and O–H groups in total. The van der Waals surface area contributed by atoms with Crippen LogP contribution in [-0.2, 0) is 128 Å². The van der Waals surface area contributed by atoms with Crippen molar-refractivity contribution in [1.29, 1.82) is 0 Å². The number of ether oxygens (including phenoxy) is 21. The number of aliphatic carboxylic acids is 1. The zero-order valence-electron chi connectivity index (χ0n) is 76.6. The molecular weight excluding hydrogens is 1960 g/mol. The molecule has 11 saturated heterocycles. The molecule has 11 aliphatic rings. The average Bonchev–Trinajstić information content (AvgIpc) is 0.775. The first-order valence-electron chi connectivity index (χ1n) is 45.3. The molecule has 0 radical (unpaired) electrons. The molecule has 11 heterocycles. The highest BCUT2D eigenvalue weighted by atomic mass is 16.8. The van der Waals surface area contributed by atoms with Crippen LogP contribution in [0.4, 0.5) is 0 Å². The molecule has 0 aromatic carbocycles. The summed E-state index contributed by atoms with van der Waals surface area (Å²) in [7, 11) is 0. The summed E-state index contributed by atoms with van der Waals surface area (Å²) >= 11 is 0. The molecule has 64 heteroatoms. The summed E-state index contributed by atoms with van der Waals surface area (Å²) in [6.45, 7) is -8.35. The van der Waals surface area contributed by atoms with Gasteiger partial charge in [0.1, 0.15) is 262 Å². The molecule has 0 aromatic heterocycles. The van der Waals surface area contributed by atoms with E-state index < -0.39 is 458 Å². The number of aliphatic hydroxyl groups excluding tert-OH is 31. The predicted octanol–water partition coefficient (Wildman–Crippen LogP) is -25.1.